The van der Waals surface area contributed by atoms with Gasteiger partial charge in [0, 0.05) is 10.5 Å². The van der Waals surface area contributed by atoms with E-state index in [1.807, 2.05) is 42.5 Å². The molecule has 0 aliphatic heterocycles. The van der Waals surface area contributed by atoms with E-state index < -0.39 is 11.9 Å². The molecule has 0 aliphatic carbocycles. The first-order valence-electron chi connectivity index (χ1n) is 8.07. The van der Waals surface area contributed by atoms with E-state index in [2.05, 4.69) is 0 Å². The first-order chi connectivity index (χ1) is 12.7. The van der Waals surface area contributed by atoms with Gasteiger partial charge in [-0.2, -0.15) is 0 Å². The Kier molecular flexibility index (Phi) is 6.06. The molecule has 0 aromatic heterocycles. The van der Waals surface area contributed by atoms with Gasteiger partial charge in [-0.05, 0) is 36.4 Å². The van der Waals surface area contributed by atoms with E-state index in [4.69, 9.17) is 4.84 Å². The van der Waals surface area contributed by atoms with Gasteiger partial charge in [-0.3, -0.25) is 4.79 Å². The van der Waals surface area contributed by atoms with Gasteiger partial charge in [0.25, 0.3) is 5.91 Å². The highest BCUT2D eigenvalue weighted by molar-refractivity contribution is 8.00. The normalized spacial score (nSPS) is 10.2. The molecule has 0 bridgehead atoms. The smallest absolute Gasteiger partial charge is 0.332 e. The predicted octanol–water partition coefficient (Wildman–Crippen LogP) is 4.58. The average Bonchev–Trinajstić information content (AvgIpc) is 2.72. The van der Waals surface area contributed by atoms with E-state index >= 15 is 0 Å². The van der Waals surface area contributed by atoms with Crippen LogP contribution in [0.15, 0.2) is 95.9 Å². The fraction of sp³-hybridized carbons (Fsp3) is 0.0476. The van der Waals surface area contributed by atoms with Crippen molar-refractivity contribution in [2.75, 3.05) is 10.8 Å². The SMILES string of the molecule is O=C(CSc1ccccc1)ON(C(=O)c1ccccc1)c1ccccc1. The van der Waals surface area contributed by atoms with Crippen LogP contribution in [-0.2, 0) is 9.63 Å². The fourth-order valence-electron chi connectivity index (χ4n) is 2.26. The van der Waals surface area contributed by atoms with Crippen LogP contribution in [0.3, 0.4) is 0 Å². The first kappa shape index (κ1) is 17.8. The molecule has 0 unspecified atom stereocenters. The number of thioether (sulfide) groups is 1. The van der Waals surface area contributed by atoms with Gasteiger partial charge < -0.3 is 4.84 Å². The number of hydrogen-bond acceptors (Lipinski definition) is 4. The highest BCUT2D eigenvalue weighted by Crippen LogP contribution is 2.20. The molecule has 3 rings (SSSR count). The number of amides is 1. The van der Waals surface area contributed by atoms with E-state index in [9.17, 15) is 9.59 Å². The van der Waals surface area contributed by atoms with E-state index in [1.54, 1.807) is 48.5 Å². The second kappa shape index (κ2) is 8.87. The lowest BCUT2D eigenvalue weighted by Crippen LogP contribution is -2.34. The Morgan fingerprint density at radius 1 is 0.769 bits per heavy atom. The summed E-state index contributed by atoms with van der Waals surface area (Å²) in [6.45, 7) is 0. The van der Waals surface area contributed by atoms with Crippen LogP contribution in [0, 0.1) is 0 Å². The molecule has 0 radical (unpaired) electrons. The molecule has 0 aliphatic rings. The minimum atomic E-state index is -0.494. The predicted molar refractivity (Wildman–Crippen MR) is 103 cm³/mol. The van der Waals surface area contributed by atoms with Gasteiger partial charge in [0.15, 0.2) is 0 Å². The summed E-state index contributed by atoms with van der Waals surface area (Å²) >= 11 is 1.36. The lowest BCUT2D eigenvalue weighted by atomic mass is 10.2. The molecular formula is C21H17NO3S. The second-order valence-electron chi connectivity index (χ2n) is 5.37. The van der Waals surface area contributed by atoms with E-state index in [-0.39, 0.29) is 5.75 Å². The second-order valence-corrected chi connectivity index (χ2v) is 6.41. The number of hydrogen-bond donors (Lipinski definition) is 0. The summed E-state index contributed by atoms with van der Waals surface area (Å²) in [5.41, 5.74) is 0.944. The van der Waals surface area contributed by atoms with Crippen LogP contribution < -0.4 is 5.06 Å². The van der Waals surface area contributed by atoms with Crippen LogP contribution in [0.1, 0.15) is 10.4 Å². The molecule has 0 fully saturated rings. The van der Waals surface area contributed by atoms with Gasteiger partial charge in [-0.25, -0.2) is 4.79 Å². The van der Waals surface area contributed by atoms with Crippen molar-refractivity contribution >= 4 is 29.3 Å². The van der Waals surface area contributed by atoms with Gasteiger partial charge in [0.2, 0.25) is 0 Å². The molecule has 3 aromatic carbocycles. The minimum Gasteiger partial charge on any atom is -0.332 e. The zero-order valence-corrected chi connectivity index (χ0v) is 14.8. The topological polar surface area (TPSA) is 46.6 Å². The van der Waals surface area contributed by atoms with Gasteiger partial charge in [0.1, 0.15) is 0 Å². The van der Waals surface area contributed by atoms with Crippen molar-refractivity contribution in [2.45, 2.75) is 4.90 Å². The van der Waals surface area contributed by atoms with Crippen LogP contribution in [0.5, 0.6) is 0 Å². The molecule has 1 amide bonds. The van der Waals surface area contributed by atoms with E-state index in [0.717, 1.165) is 9.96 Å². The number of anilines is 1. The van der Waals surface area contributed by atoms with Crippen LogP contribution in [-0.4, -0.2) is 17.6 Å². The summed E-state index contributed by atoms with van der Waals surface area (Å²) < 4.78 is 0. The van der Waals surface area contributed by atoms with Crippen molar-refractivity contribution < 1.29 is 14.4 Å². The van der Waals surface area contributed by atoms with Crippen molar-refractivity contribution in [1.82, 2.24) is 0 Å². The Hall–Kier alpha value is -3.05. The number of carbonyl (C=O) groups excluding carboxylic acids is 2. The average molecular weight is 363 g/mol. The molecule has 0 saturated carbocycles. The number of nitrogens with zero attached hydrogens (tertiary/aromatic N) is 1. The summed E-state index contributed by atoms with van der Waals surface area (Å²) in [4.78, 5) is 31.5. The van der Waals surface area contributed by atoms with Crippen molar-refractivity contribution in [3.05, 3.63) is 96.6 Å². The lowest BCUT2D eigenvalue weighted by molar-refractivity contribution is -0.140. The minimum absolute atomic E-state index is 0.107. The van der Waals surface area contributed by atoms with Crippen LogP contribution >= 0.6 is 11.8 Å². The summed E-state index contributed by atoms with van der Waals surface area (Å²) in [6.07, 6.45) is 0. The quantitative estimate of drug-likeness (QED) is 0.492. The molecule has 130 valence electrons. The third kappa shape index (κ3) is 4.74. The molecule has 0 saturated heterocycles. The molecule has 3 aromatic rings. The van der Waals surface area contributed by atoms with Crippen molar-refractivity contribution in [3.63, 3.8) is 0 Å². The zero-order valence-electron chi connectivity index (χ0n) is 13.9. The standard InChI is InChI=1S/C21H17NO3S/c23-20(16-26-19-14-8-3-9-15-19)25-22(18-12-6-2-7-13-18)21(24)17-10-4-1-5-11-17/h1-15H,16H2. The maximum Gasteiger partial charge on any atom is 0.343 e. The van der Waals surface area contributed by atoms with Gasteiger partial charge in [0.05, 0.1) is 11.4 Å². The molecular weight excluding hydrogens is 346 g/mol. The third-order valence-corrected chi connectivity index (χ3v) is 4.47. The fourth-order valence-corrected chi connectivity index (χ4v) is 2.95. The van der Waals surface area contributed by atoms with Gasteiger partial charge in [-0.15, -0.1) is 16.8 Å². The highest BCUT2D eigenvalue weighted by atomic mass is 32.2. The molecule has 5 heteroatoms. The molecule has 0 atom stereocenters. The molecule has 0 spiro atoms. The maximum atomic E-state index is 12.8. The largest absolute Gasteiger partial charge is 0.343 e. The monoisotopic (exact) mass is 363 g/mol. The Bertz CT molecular complexity index is 854. The Morgan fingerprint density at radius 2 is 1.31 bits per heavy atom. The maximum absolute atomic E-state index is 12.8. The number of benzene rings is 3. The van der Waals surface area contributed by atoms with Crippen LogP contribution in [0.25, 0.3) is 0 Å². The Morgan fingerprint density at radius 3 is 1.92 bits per heavy atom. The third-order valence-electron chi connectivity index (χ3n) is 3.49. The number of rotatable bonds is 5. The molecule has 0 heterocycles. The molecule has 0 N–H and O–H groups in total. The van der Waals surface area contributed by atoms with E-state index in [0.29, 0.717) is 11.3 Å². The Labute approximate surface area is 156 Å². The van der Waals surface area contributed by atoms with Crippen LogP contribution in [0.2, 0.25) is 0 Å². The highest BCUT2D eigenvalue weighted by Gasteiger charge is 2.22. The van der Waals surface area contributed by atoms with Gasteiger partial charge >= 0.3 is 5.97 Å². The number of carbonyl (C=O) groups is 2. The van der Waals surface area contributed by atoms with Crippen molar-refractivity contribution in [2.24, 2.45) is 0 Å². The van der Waals surface area contributed by atoms with E-state index in [1.165, 1.54) is 11.8 Å². The first-order valence-corrected chi connectivity index (χ1v) is 9.06. The van der Waals surface area contributed by atoms with Gasteiger partial charge in [-0.1, -0.05) is 54.6 Å². The summed E-state index contributed by atoms with van der Waals surface area (Å²) in [5, 5.41) is 1.04. The lowest BCUT2D eigenvalue weighted by Gasteiger charge is -2.21. The van der Waals surface area contributed by atoms with Crippen molar-refractivity contribution in [1.29, 1.82) is 0 Å². The summed E-state index contributed by atoms with van der Waals surface area (Å²) in [5.74, 6) is -0.781. The Balaban J connectivity index is 1.73. The van der Waals surface area contributed by atoms with Crippen LogP contribution in [0.4, 0.5) is 5.69 Å². The molecule has 4 nitrogen and oxygen atoms in total. The molecule has 26 heavy (non-hydrogen) atoms. The number of para-hydroxylation sites is 1. The number of hydroxylamine groups is 1. The van der Waals surface area contributed by atoms with Crippen molar-refractivity contribution in [3.8, 4) is 0 Å². The zero-order chi connectivity index (χ0) is 18.2. The summed E-state index contributed by atoms with van der Waals surface area (Å²) in [7, 11) is 0. The summed E-state index contributed by atoms with van der Waals surface area (Å²) in [6, 6.07) is 27.1.